The van der Waals surface area contributed by atoms with Crippen LogP contribution in [-0.2, 0) is 14.4 Å². The molecule has 6 rings (SSSR count). The molecular formula is C33H32N4O8. The van der Waals surface area contributed by atoms with Gasteiger partial charge >= 0.3 is 6.03 Å². The van der Waals surface area contributed by atoms with Crippen molar-refractivity contribution in [1.29, 1.82) is 0 Å². The Kier molecular flexibility index (Phi) is 7.13. The molecule has 1 saturated carbocycles. The van der Waals surface area contributed by atoms with Crippen LogP contribution < -0.4 is 16.4 Å². The molecule has 0 spiro atoms. The van der Waals surface area contributed by atoms with Gasteiger partial charge in [0.1, 0.15) is 22.8 Å². The Morgan fingerprint density at radius 3 is 2.24 bits per heavy atom. The number of primary amides is 1. The Morgan fingerprint density at radius 2 is 1.56 bits per heavy atom. The van der Waals surface area contributed by atoms with Crippen molar-refractivity contribution in [1.82, 2.24) is 4.90 Å². The van der Waals surface area contributed by atoms with Gasteiger partial charge < -0.3 is 36.8 Å². The van der Waals surface area contributed by atoms with E-state index in [4.69, 9.17) is 5.73 Å². The summed E-state index contributed by atoms with van der Waals surface area (Å²) in [6.45, 7) is 1.70. The Morgan fingerprint density at radius 1 is 0.889 bits per heavy atom. The van der Waals surface area contributed by atoms with Crippen LogP contribution in [0.25, 0.3) is 16.5 Å². The first kappa shape index (κ1) is 29.9. The zero-order valence-corrected chi connectivity index (χ0v) is 24.6. The van der Waals surface area contributed by atoms with Crippen LogP contribution in [0.2, 0.25) is 0 Å². The topological polar surface area (TPSA) is 203 Å². The van der Waals surface area contributed by atoms with Crippen LogP contribution in [0.15, 0.2) is 71.5 Å². The molecule has 0 saturated heterocycles. The molecule has 1 fully saturated rings. The monoisotopic (exact) mass is 612 g/mol. The van der Waals surface area contributed by atoms with Crippen molar-refractivity contribution in [2.75, 3.05) is 24.7 Å². The summed E-state index contributed by atoms with van der Waals surface area (Å²) in [5, 5.41) is 52.5. The Bertz CT molecular complexity index is 1870. The van der Waals surface area contributed by atoms with Crippen molar-refractivity contribution < 1.29 is 39.6 Å². The minimum absolute atomic E-state index is 0.0590. The van der Waals surface area contributed by atoms with Crippen molar-refractivity contribution in [3.63, 3.8) is 0 Å². The molecule has 232 valence electrons. The van der Waals surface area contributed by atoms with Gasteiger partial charge in [-0.1, -0.05) is 49.4 Å². The second-order valence-corrected chi connectivity index (χ2v) is 11.9. The molecule has 12 nitrogen and oxygen atoms in total. The molecule has 0 radical (unpaired) electrons. The van der Waals surface area contributed by atoms with Gasteiger partial charge in [-0.2, -0.15) is 0 Å². The van der Waals surface area contributed by atoms with Gasteiger partial charge in [0.2, 0.25) is 0 Å². The number of hydrogen-bond acceptors (Lipinski definition) is 9. The van der Waals surface area contributed by atoms with Gasteiger partial charge in [0, 0.05) is 22.8 Å². The van der Waals surface area contributed by atoms with Crippen molar-refractivity contribution in [3.8, 4) is 5.75 Å². The maximum absolute atomic E-state index is 14.1. The predicted octanol–water partition coefficient (Wildman–Crippen LogP) is 3.18. The molecule has 3 aliphatic rings. The summed E-state index contributed by atoms with van der Waals surface area (Å²) in [6.07, 6.45) is -1.42. The first-order valence-corrected chi connectivity index (χ1v) is 14.4. The van der Waals surface area contributed by atoms with E-state index in [1.54, 1.807) is 39.2 Å². The molecule has 6 atom stereocenters. The van der Waals surface area contributed by atoms with Gasteiger partial charge in [0.25, 0.3) is 5.91 Å². The number of nitrogens with zero attached hydrogens (tertiary/aromatic N) is 1. The number of Topliss-reactive ketones (excluding diaryl/α,β-unsaturated/α-hetero) is 2. The molecule has 3 amide bonds. The number of carbonyl (C=O) groups is 4. The highest BCUT2D eigenvalue weighted by Crippen LogP contribution is 2.55. The second kappa shape index (κ2) is 10.8. The number of phenols is 1. The van der Waals surface area contributed by atoms with E-state index in [-0.39, 0.29) is 16.8 Å². The third-order valence-corrected chi connectivity index (χ3v) is 9.28. The molecular weight excluding hydrogens is 580 g/mol. The summed E-state index contributed by atoms with van der Waals surface area (Å²) < 4.78 is 0. The number of aromatic hydroxyl groups is 1. The van der Waals surface area contributed by atoms with Gasteiger partial charge in [0.15, 0.2) is 11.6 Å². The largest absolute Gasteiger partial charge is 0.510 e. The molecule has 8 N–H and O–H groups in total. The lowest BCUT2D eigenvalue weighted by atomic mass is 9.56. The van der Waals surface area contributed by atoms with E-state index in [1.807, 2.05) is 30.3 Å². The Labute approximate surface area is 257 Å². The standard InChI is InChI=1S/C33H32N4O8/c1-13-15-11-12-18(36-33(45)35-17-10-6-8-14-7-4-5-9-16(14)17)26(38)20(15)28(40)22-19(13)27(39)21-23(29(22)41)30(42)24(32(34)44)31(43)25(21)37(2)3/h4-13,19,21,23,25,27,38-40,43H,1-3H3,(H2,34,44)(H2,35,36,45)/t13-,19?,21?,23?,25-,27-/m0/s1. The molecule has 3 aliphatic carbocycles. The van der Waals surface area contributed by atoms with E-state index in [0.29, 0.717) is 11.3 Å². The average molecular weight is 613 g/mol. The van der Waals surface area contributed by atoms with Crippen molar-refractivity contribution >= 4 is 51.4 Å². The smallest absolute Gasteiger partial charge is 0.323 e. The lowest BCUT2D eigenvalue weighted by Gasteiger charge is -2.50. The normalized spacial score (nSPS) is 26.0. The lowest BCUT2D eigenvalue weighted by Crippen LogP contribution is -2.61. The van der Waals surface area contributed by atoms with Crippen LogP contribution in [0.1, 0.15) is 24.0 Å². The van der Waals surface area contributed by atoms with E-state index in [2.05, 4.69) is 10.6 Å². The maximum Gasteiger partial charge on any atom is 0.323 e. The van der Waals surface area contributed by atoms with Crippen molar-refractivity contribution in [3.05, 3.63) is 82.6 Å². The van der Waals surface area contributed by atoms with Gasteiger partial charge in [-0.25, -0.2) is 4.79 Å². The third-order valence-electron chi connectivity index (χ3n) is 9.28. The summed E-state index contributed by atoms with van der Waals surface area (Å²) in [5.74, 6) is -9.35. The minimum atomic E-state index is -1.62. The second-order valence-electron chi connectivity index (χ2n) is 11.9. The van der Waals surface area contributed by atoms with E-state index in [9.17, 15) is 39.6 Å². The number of anilines is 2. The van der Waals surface area contributed by atoms with Gasteiger partial charge in [0.05, 0.1) is 35.0 Å². The summed E-state index contributed by atoms with van der Waals surface area (Å²) >= 11 is 0. The van der Waals surface area contributed by atoms with Crippen LogP contribution in [0, 0.1) is 17.8 Å². The van der Waals surface area contributed by atoms with E-state index < -0.39 is 82.2 Å². The van der Waals surface area contributed by atoms with E-state index >= 15 is 0 Å². The van der Waals surface area contributed by atoms with E-state index in [1.165, 1.54) is 11.0 Å². The molecule has 45 heavy (non-hydrogen) atoms. The molecule has 3 aromatic carbocycles. The summed E-state index contributed by atoms with van der Waals surface area (Å²) in [7, 11) is 3.13. The fourth-order valence-corrected chi connectivity index (χ4v) is 7.32. The van der Waals surface area contributed by atoms with Gasteiger partial charge in [-0.05, 0) is 43.1 Å². The van der Waals surface area contributed by atoms with Crippen LogP contribution in [0.5, 0.6) is 5.75 Å². The number of rotatable bonds is 4. The lowest BCUT2D eigenvalue weighted by molar-refractivity contribution is -0.143. The first-order valence-electron chi connectivity index (χ1n) is 14.4. The molecule has 3 aromatic rings. The highest BCUT2D eigenvalue weighted by molar-refractivity contribution is 6.28. The molecule has 0 aliphatic heterocycles. The third kappa shape index (κ3) is 4.44. The number of ketones is 2. The zero-order chi connectivity index (χ0) is 32.5. The number of amides is 3. The van der Waals surface area contributed by atoms with Gasteiger partial charge in [-0.15, -0.1) is 0 Å². The number of nitrogens with two attached hydrogens (primary N) is 1. The minimum Gasteiger partial charge on any atom is -0.510 e. The number of phenolic OH excluding ortho intramolecular Hbond substituents is 1. The molecule has 12 heteroatoms. The molecule has 0 heterocycles. The number of benzene rings is 3. The highest BCUT2D eigenvalue weighted by Gasteiger charge is 2.60. The highest BCUT2D eigenvalue weighted by atomic mass is 16.3. The van der Waals surface area contributed by atoms with Crippen LogP contribution in [0.3, 0.4) is 0 Å². The Hall–Kier alpha value is -5.20. The van der Waals surface area contributed by atoms with Crippen molar-refractivity contribution in [2.45, 2.75) is 25.0 Å². The first-order chi connectivity index (χ1) is 21.3. The number of fused-ring (bicyclic) bond motifs is 4. The van der Waals surface area contributed by atoms with Crippen LogP contribution in [-0.4, -0.2) is 75.1 Å². The fraction of sp³-hybridized carbons (Fsp3) is 0.273. The number of hydrogen-bond donors (Lipinski definition) is 7. The Balaban J connectivity index is 1.39. The summed E-state index contributed by atoms with van der Waals surface area (Å²) in [6, 6.07) is 14.2. The number of urea groups is 1. The van der Waals surface area contributed by atoms with Gasteiger partial charge in [-0.3, -0.25) is 19.3 Å². The summed E-state index contributed by atoms with van der Waals surface area (Å²) in [4.78, 5) is 54.2. The predicted molar refractivity (Wildman–Crippen MR) is 165 cm³/mol. The SMILES string of the molecule is C[C@H]1c2ccc(NC(=O)Nc3cccc4ccccc34)c(O)c2C(O)=C2C(=O)C3C(=O)C(C(N)=O)=C(O)[C@@H](N(C)C)C3[C@@H](O)C21. The fourth-order valence-electron chi connectivity index (χ4n) is 7.32. The molecule has 0 bridgehead atoms. The van der Waals surface area contributed by atoms with E-state index in [0.717, 1.165) is 10.8 Å². The summed E-state index contributed by atoms with van der Waals surface area (Å²) in [5.41, 5.74) is 5.13. The number of carbonyl (C=O) groups excluding carboxylic acids is 4. The maximum atomic E-state index is 14.1. The number of nitrogens with one attached hydrogen (secondary N) is 2. The van der Waals surface area contributed by atoms with Crippen molar-refractivity contribution in [2.24, 2.45) is 23.5 Å². The average Bonchev–Trinajstić information content (AvgIpc) is 2.98. The molecule has 0 aromatic heterocycles. The van der Waals surface area contributed by atoms with Crippen LogP contribution in [0.4, 0.5) is 16.2 Å². The number of aliphatic hydroxyl groups is 3. The quantitative estimate of drug-likeness (QED) is 0.131. The zero-order valence-electron chi connectivity index (χ0n) is 24.6. The molecule has 3 unspecified atom stereocenters. The number of likely N-dealkylation sites (N-methyl/N-ethyl adjacent to an activating group) is 1. The van der Waals surface area contributed by atoms with Crippen LogP contribution >= 0.6 is 0 Å². The number of aliphatic hydroxyl groups excluding tert-OH is 3.